The van der Waals surface area contributed by atoms with Crippen molar-refractivity contribution < 1.29 is 0 Å². The maximum absolute atomic E-state index is 5.98. The van der Waals surface area contributed by atoms with Crippen molar-refractivity contribution in [2.75, 3.05) is 5.73 Å². The molecule has 0 saturated carbocycles. The van der Waals surface area contributed by atoms with Gasteiger partial charge in [-0.1, -0.05) is 29.8 Å². The second kappa shape index (κ2) is 4.70. The zero-order valence-corrected chi connectivity index (χ0v) is 10.6. The molecule has 6 heteroatoms. The Bertz CT molecular complexity index is 662. The van der Waals surface area contributed by atoms with Crippen molar-refractivity contribution in [2.24, 2.45) is 0 Å². The fraction of sp³-hybridized carbons (Fsp3) is 0. The summed E-state index contributed by atoms with van der Waals surface area (Å²) < 4.78 is 1.63. The zero-order valence-electron chi connectivity index (χ0n) is 9.86. The molecule has 0 amide bonds. The van der Waals surface area contributed by atoms with E-state index in [1.165, 1.54) is 0 Å². The van der Waals surface area contributed by atoms with Crippen LogP contribution in [0.15, 0.2) is 48.5 Å². The summed E-state index contributed by atoms with van der Waals surface area (Å²) in [5.41, 5.74) is 8.10. The summed E-state index contributed by atoms with van der Waals surface area (Å²) in [6.07, 6.45) is 0. The van der Waals surface area contributed by atoms with Crippen LogP contribution < -0.4 is 5.73 Å². The van der Waals surface area contributed by atoms with E-state index < -0.39 is 0 Å². The highest BCUT2D eigenvalue weighted by molar-refractivity contribution is 6.30. The topological polar surface area (TPSA) is 69.6 Å². The monoisotopic (exact) mass is 271 g/mol. The molecule has 0 aliphatic rings. The Morgan fingerprint density at radius 3 is 2.68 bits per heavy atom. The van der Waals surface area contributed by atoms with Crippen LogP contribution >= 0.6 is 11.6 Å². The smallest absolute Gasteiger partial charge is 0.187 e. The van der Waals surface area contributed by atoms with E-state index in [1.807, 2.05) is 36.4 Å². The number of anilines is 1. The van der Waals surface area contributed by atoms with Crippen molar-refractivity contribution in [3.63, 3.8) is 0 Å². The summed E-state index contributed by atoms with van der Waals surface area (Å²) >= 11 is 5.98. The van der Waals surface area contributed by atoms with Crippen LogP contribution in [0.2, 0.25) is 5.02 Å². The average Bonchev–Trinajstić information content (AvgIpc) is 2.88. The van der Waals surface area contributed by atoms with Gasteiger partial charge in [-0.2, -0.15) is 4.68 Å². The van der Waals surface area contributed by atoms with Gasteiger partial charge < -0.3 is 5.73 Å². The fourth-order valence-electron chi connectivity index (χ4n) is 1.83. The van der Waals surface area contributed by atoms with Crippen LogP contribution in [0.4, 0.5) is 5.69 Å². The van der Waals surface area contributed by atoms with Crippen LogP contribution in [-0.2, 0) is 0 Å². The lowest BCUT2D eigenvalue weighted by Gasteiger charge is -2.05. The highest BCUT2D eigenvalue weighted by atomic mass is 35.5. The van der Waals surface area contributed by atoms with Gasteiger partial charge in [-0.25, -0.2) is 0 Å². The highest BCUT2D eigenvalue weighted by Gasteiger charge is 2.10. The minimum Gasteiger partial charge on any atom is -0.399 e. The van der Waals surface area contributed by atoms with Gasteiger partial charge in [0.2, 0.25) is 0 Å². The van der Waals surface area contributed by atoms with Gasteiger partial charge in [-0.05, 0) is 40.8 Å². The van der Waals surface area contributed by atoms with Gasteiger partial charge in [0, 0.05) is 16.3 Å². The molecule has 0 aliphatic carbocycles. The standard InChI is InChI=1S/C13H10ClN5/c14-10-4-2-6-12(8-10)19-13(16-17-18-19)9-3-1-5-11(15)7-9/h1-8H,15H2. The fourth-order valence-corrected chi connectivity index (χ4v) is 2.01. The van der Waals surface area contributed by atoms with Crippen LogP contribution in [0.25, 0.3) is 17.1 Å². The molecular formula is C13H10ClN5. The van der Waals surface area contributed by atoms with E-state index in [-0.39, 0.29) is 0 Å². The predicted octanol–water partition coefficient (Wildman–Crippen LogP) is 2.56. The van der Waals surface area contributed by atoms with Gasteiger partial charge >= 0.3 is 0 Å². The van der Waals surface area contributed by atoms with Crippen LogP contribution in [0, 0.1) is 0 Å². The summed E-state index contributed by atoms with van der Waals surface area (Å²) in [5, 5.41) is 12.4. The summed E-state index contributed by atoms with van der Waals surface area (Å²) in [6, 6.07) is 14.7. The van der Waals surface area contributed by atoms with E-state index in [4.69, 9.17) is 17.3 Å². The minimum absolute atomic E-state index is 0.620. The Morgan fingerprint density at radius 1 is 1.05 bits per heavy atom. The number of rotatable bonds is 2. The Kier molecular flexibility index (Phi) is 2.89. The Morgan fingerprint density at radius 2 is 1.89 bits per heavy atom. The van der Waals surface area contributed by atoms with E-state index in [1.54, 1.807) is 16.8 Å². The third-order valence-corrected chi connectivity index (χ3v) is 2.90. The van der Waals surface area contributed by atoms with Gasteiger partial charge in [0.15, 0.2) is 5.82 Å². The molecule has 2 N–H and O–H groups in total. The van der Waals surface area contributed by atoms with Crippen molar-refractivity contribution in [1.82, 2.24) is 20.2 Å². The number of aromatic nitrogens is 4. The number of tetrazole rings is 1. The largest absolute Gasteiger partial charge is 0.399 e. The molecule has 0 spiro atoms. The average molecular weight is 272 g/mol. The first-order chi connectivity index (χ1) is 9.24. The molecule has 1 heterocycles. The molecule has 1 aromatic heterocycles. The van der Waals surface area contributed by atoms with Gasteiger partial charge in [0.05, 0.1) is 5.69 Å². The number of nitrogens with two attached hydrogens (primary N) is 1. The van der Waals surface area contributed by atoms with Crippen LogP contribution in [-0.4, -0.2) is 20.2 Å². The molecule has 0 fully saturated rings. The number of benzene rings is 2. The molecule has 5 nitrogen and oxygen atoms in total. The molecule has 19 heavy (non-hydrogen) atoms. The van der Waals surface area contributed by atoms with Crippen molar-refractivity contribution in [3.8, 4) is 17.1 Å². The second-order valence-electron chi connectivity index (χ2n) is 4.02. The first-order valence-corrected chi connectivity index (χ1v) is 6.02. The number of nitrogen functional groups attached to an aromatic ring is 1. The molecule has 0 aliphatic heterocycles. The molecule has 0 unspecified atom stereocenters. The normalized spacial score (nSPS) is 10.6. The third-order valence-electron chi connectivity index (χ3n) is 2.67. The number of hydrogen-bond donors (Lipinski definition) is 1. The molecule has 0 bridgehead atoms. The summed E-state index contributed by atoms with van der Waals surface area (Å²) in [4.78, 5) is 0. The molecule has 0 radical (unpaired) electrons. The van der Waals surface area contributed by atoms with Crippen molar-refractivity contribution >= 4 is 17.3 Å². The lowest BCUT2D eigenvalue weighted by Crippen LogP contribution is -2.00. The van der Waals surface area contributed by atoms with Crippen molar-refractivity contribution in [1.29, 1.82) is 0 Å². The Labute approximate surface area is 114 Å². The van der Waals surface area contributed by atoms with E-state index in [2.05, 4.69) is 15.5 Å². The van der Waals surface area contributed by atoms with Crippen molar-refractivity contribution in [2.45, 2.75) is 0 Å². The molecule has 3 rings (SSSR count). The molecule has 0 atom stereocenters. The zero-order chi connectivity index (χ0) is 13.2. The first-order valence-electron chi connectivity index (χ1n) is 5.64. The minimum atomic E-state index is 0.620. The van der Waals surface area contributed by atoms with Gasteiger partial charge in [0.1, 0.15) is 0 Å². The van der Waals surface area contributed by atoms with E-state index in [0.29, 0.717) is 16.5 Å². The lowest BCUT2D eigenvalue weighted by atomic mass is 10.2. The number of halogens is 1. The first kappa shape index (κ1) is 11.7. The van der Waals surface area contributed by atoms with Gasteiger partial charge in [-0.3, -0.25) is 0 Å². The van der Waals surface area contributed by atoms with Crippen LogP contribution in [0.1, 0.15) is 0 Å². The summed E-state index contributed by atoms with van der Waals surface area (Å²) in [5.74, 6) is 0.620. The molecule has 94 valence electrons. The predicted molar refractivity (Wildman–Crippen MR) is 74.0 cm³/mol. The van der Waals surface area contributed by atoms with Crippen LogP contribution in [0.5, 0.6) is 0 Å². The van der Waals surface area contributed by atoms with Crippen LogP contribution in [0.3, 0.4) is 0 Å². The molecule has 3 aromatic rings. The number of hydrogen-bond acceptors (Lipinski definition) is 4. The third kappa shape index (κ3) is 2.28. The van der Waals surface area contributed by atoms with E-state index in [9.17, 15) is 0 Å². The van der Waals surface area contributed by atoms with Gasteiger partial charge in [-0.15, -0.1) is 5.10 Å². The van der Waals surface area contributed by atoms with E-state index in [0.717, 1.165) is 11.3 Å². The molecule has 2 aromatic carbocycles. The summed E-state index contributed by atoms with van der Waals surface area (Å²) in [6.45, 7) is 0. The summed E-state index contributed by atoms with van der Waals surface area (Å²) in [7, 11) is 0. The Balaban J connectivity index is 2.13. The lowest BCUT2D eigenvalue weighted by molar-refractivity contribution is 0.791. The van der Waals surface area contributed by atoms with E-state index >= 15 is 0 Å². The maximum Gasteiger partial charge on any atom is 0.187 e. The Hall–Kier alpha value is -2.40. The maximum atomic E-state index is 5.98. The van der Waals surface area contributed by atoms with Crippen molar-refractivity contribution in [3.05, 3.63) is 53.6 Å². The second-order valence-corrected chi connectivity index (χ2v) is 4.46. The molecular weight excluding hydrogens is 262 g/mol. The number of nitrogens with zero attached hydrogens (tertiary/aromatic N) is 4. The molecule has 0 saturated heterocycles. The quantitative estimate of drug-likeness (QED) is 0.727. The van der Waals surface area contributed by atoms with Gasteiger partial charge in [0.25, 0.3) is 0 Å². The SMILES string of the molecule is Nc1cccc(-c2nnnn2-c2cccc(Cl)c2)c1. The highest BCUT2D eigenvalue weighted by Crippen LogP contribution is 2.22.